The second kappa shape index (κ2) is 6.62. The highest BCUT2D eigenvalue weighted by Gasteiger charge is 2.31. The average molecular weight is 331 g/mol. The third-order valence-corrected chi connectivity index (χ3v) is 4.79. The van der Waals surface area contributed by atoms with Crippen LogP contribution in [-0.4, -0.2) is 32.1 Å². The van der Waals surface area contributed by atoms with Crippen LogP contribution in [0.5, 0.6) is 0 Å². The minimum atomic E-state index is -0.403. The van der Waals surface area contributed by atoms with Gasteiger partial charge in [0, 0.05) is 41.2 Å². The zero-order chi connectivity index (χ0) is 16.4. The van der Waals surface area contributed by atoms with Gasteiger partial charge >= 0.3 is 0 Å². The van der Waals surface area contributed by atoms with E-state index < -0.39 is 4.65 Å². The van der Waals surface area contributed by atoms with E-state index >= 15 is 0 Å². The van der Waals surface area contributed by atoms with Crippen LogP contribution in [0.3, 0.4) is 0 Å². The lowest BCUT2D eigenvalue weighted by atomic mass is 10.0. The van der Waals surface area contributed by atoms with E-state index in [0.717, 1.165) is 48.3 Å². The number of benzene rings is 2. The Morgan fingerprint density at radius 2 is 1.74 bits per heavy atom. The molecule has 0 aromatic heterocycles. The maximum Gasteiger partial charge on any atom is 0.142 e. The Bertz CT molecular complexity index is 702. The van der Waals surface area contributed by atoms with Crippen LogP contribution in [0.25, 0.3) is 0 Å². The summed E-state index contributed by atoms with van der Waals surface area (Å²) in [6.45, 7) is 1.43. The van der Waals surface area contributed by atoms with Crippen LogP contribution in [0, 0.1) is 5.21 Å². The number of hydrogen-bond acceptors (Lipinski definition) is 2. The van der Waals surface area contributed by atoms with Gasteiger partial charge in [-0.1, -0.05) is 35.9 Å². The number of rotatable bonds is 4. The van der Waals surface area contributed by atoms with Crippen molar-refractivity contribution in [1.82, 2.24) is 9.55 Å². The number of para-hydroxylation sites is 1. The van der Waals surface area contributed by atoms with E-state index in [1.165, 1.54) is 0 Å². The first kappa shape index (κ1) is 16.5. The third-order valence-electron chi connectivity index (χ3n) is 4.56. The Balaban J connectivity index is 2.09. The zero-order valence-corrected chi connectivity index (χ0v) is 14.5. The minimum Gasteiger partial charge on any atom is -0.622 e. The highest BCUT2D eigenvalue weighted by atomic mass is 35.5. The number of quaternary nitrogens is 1. The van der Waals surface area contributed by atoms with Gasteiger partial charge in [-0.25, -0.2) is 0 Å². The van der Waals surface area contributed by atoms with Gasteiger partial charge < -0.3 is 10.1 Å². The highest BCUT2D eigenvalue weighted by molar-refractivity contribution is 6.30. The van der Waals surface area contributed by atoms with Crippen LogP contribution in [-0.2, 0) is 12.8 Å². The predicted octanol–water partition coefficient (Wildman–Crippen LogP) is 4.53. The number of nitrogens with zero attached hydrogens (tertiary/aromatic N) is 2. The molecule has 0 amide bonds. The molecule has 1 aliphatic heterocycles. The fraction of sp³-hybridized carbons (Fsp3) is 0.368. The van der Waals surface area contributed by atoms with Crippen LogP contribution in [0.1, 0.15) is 17.5 Å². The van der Waals surface area contributed by atoms with Gasteiger partial charge in [0.25, 0.3) is 0 Å². The van der Waals surface area contributed by atoms with Crippen molar-refractivity contribution in [3.63, 3.8) is 0 Å². The molecule has 0 spiro atoms. The molecule has 1 aliphatic rings. The topological polar surface area (TPSA) is 26.3 Å². The van der Waals surface area contributed by atoms with E-state index in [1.807, 2.05) is 50.5 Å². The van der Waals surface area contributed by atoms with Gasteiger partial charge in [-0.2, -0.15) is 0 Å². The number of halogens is 1. The second-order valence-electron chi connectivity index (χ2n) is 6.52. The van der Waals surface area contributed by atoms with Crippen molar-refractivity contribution >= 4 is 23.0 Å². The molecule has 1 heterocycles. The molecule has 0 bridgehead atoms. The number of aryl methyl sites for hydroxylation is 2. The Morgan fingerprint density at radius 3 is 2.48 bits per heavy atom. The van der Waals surface area contributed by atoms with Crippen LogP contribution in [0.2, 0.25) is 5.02 Å². The van der Waals surface area contributed by atoms with Gasteiger partial charge in [-0.3, -0.25) is 4.65 Å². The van der Waals surface area contributed by atoms with E-state index in [0.29, 0.717) is 11.6 Å². The fourth-order valence-electron chi connectivity index (χ4n) is 3.41. The summed E-state index contributed by atoms with van der Waals surface area (Å²) in [5, 5.41) is 14.6. The molecule has 4 heteroatoms. The predicted molar refractivity (Wildman–Crippen MR) is 98.2 cm³/mol. The standard InChI is InChI=1S/C19H23ClN2O/c1-21(2)12-5-13-22(23)18-7-4-3-6-15(18)8-9-16-10-11-17(20)14-19(16)22/h3-4,6-7,10-11,14H,5,8-9,12-13H2,1-2H3. The molecule has 1 atom stereocenters. The van der Waals surface area contributed by atoms with Gasteiger partial charge in [0.05, 0.1) is 6.54 Å². The van der Waals surface area contributed by atoms with Crippen molar-refractivity contribution in [1.29, 1.82) is 0 Å². The van der Waals surface area contributed by atoms with E-state index in [4.69, 9.17) is 11.6 Å². The van der Waals surface area contributed by atoms with E-state index in [9.17, 15) is 5.21 Å². The van der Waals surface area contributed by atoms with Gasteiger partial charge in [0.1, 0.15) is 11.4 Å². The molecule has 0 aliphatic carbocycles. The van der Waals surface area contributed by atoms with Crippen molar-refractivity contribution in [3.05, 3.63) is 63.8 Å². The Hall–Kier alpha value is -1.39. The van der Waals surface area contributed by atoms with E-state index in [1.54, 1.807) is 0 Å². The molecule has 2 aromatic carbocycles. The maximum absolute atomic E-state index is 14.0. The van der Waals surface area contributed by atoms with Crippen molar-refractivity contribution in [2.75, 3.05) is 27.2 Å². The molecule has 0 N–H and O–H groups in total. The molecular weight excluding hydrogens is 308 g/mol. The van der Waals surface area contributed by atoms with E-state index in [-0.39, 0.29) is 0 Å². The van der Waals surface area contributed by atoms with E-state index in [2.05, 4.69) is 11.0 Å². The maximum atomic E-state index is 14.0. The lowest BCUT2D eigenvalue weighted by Crippen LogP contribution is -2.40. The first-order valence-corrected chi connectivity index (χ1v) is 8.50. The lowest BCUT2D eigenvalue weighted by molar-refractivity contribution is 0.371. The summed E-state index contributed by atoms with van der Waals surface area (Å²) in [6, 6.07) is 13.8. The number of hydroxylamine groups is 1. The zero-order valence-electron chi connectivity index (χ0n) is 13.8. The van der Waals surface area contributed by atoms with Gasteiger partial charge in [-0.05, 0) is 33.0 Å². The molecule has 0 saturated heterocycles. The Morgan fingerprint density at radius 1 is 1.04 bits per heavy atom. The first-order valence-electron chi connectivity index (χ1n) is 8.12. The molecule has 0 saturated carbocycles. The molecule has 23 heavy (non-hydrogen) atoms. The summed E-state index contributed by atoms with van der Waals surface area (Å²) in [5.41, 5.74) is 3.94. The molecule has 3 rings (SSSR count). The van der Waals surface area contributed by atoms with Gasteiger partial charge in [0.15, 0.2) is 0 Å². The summed E-state index contributed by atoms with van der Waals surface area (Å²) in [4.78, 5) is 2.12. The monoisotopic (exact) mass is 330 g/mol. The lowest BCUT2D eigenvalue weighted by Gasteiger charge is -2.43. The SMILES string of the molecule is CN(C)CCC[N+]1([O-])c2ccccc2CCc2ccc(Cl)cc21. The largest absolute Gasteiger partial charge is 0.622 e. The molecule has 0 fully saturated rings. The molecular formula is C19H23ClN2O. The normalized spacial score (nSPS) is 20.0. The molecule has 0 radical (unpaired) electrons. The van der Waals surface area contributed by atoms with Crippen molar-refractivity contribution in [3.8, 4) is 0 Å². The third kappa shape index (κ3) is 3.29. The highest BCUT2D eigenvalue weighted by Crippen LogP contribution is 2.43. The number of fused-ring (bicyclic) bond motifs is 2. The summed E-state index contributed by atoms with van der Waals surface area (Å²) in [7, 11) is 4.08. The quantitative estimate of drug-likeness (QED) is 0.608. The Kier molecular flexibility index (Phi) is 4.74. The molecule has 2 aromatic rings. The summed E-state index contributed by atoms with van der Waals surface area (Å²) in [5.74, 6) is 0. The average Bonchev–Trinajstić information content (AvgIpc) is 2.64. The van der Waals surface area contributed by atoms with Gasteiger partial charge in [-0.15, -0.1) is 0 Å². The van der Waals surface area contributed by atoms with Crippen LogP contribution < -0.4 is 4.65 Å². The van der Waals surface area contributed by atoms with Crippen molar-refractivity contribution < 1.29 is 0 Å². The molecule has 122 valence electrons. The first-order chi connectivity index (χ1) is 11.0. The van der Waals surface area contributed by atoms with Crippen LogP contribution >= 0.6 is 11.6 Å². The smallest absolute Gasteiger partial charge is 0.142 e. The van der Waals surface area contributed by atoms with Crippen LogP contribution in [0.4, 0.5) is 11.4 Å². The molecule has 3 nitrogen and oxygen atoms in total. The van der Waals surface area contributed by atoms with Crippen molar-refractivity contribution in [2.24, 2.45) is 0 Å². The fourth-order valence-corrected chi connectivity index (χ4v) is 3.58. The molecule has 1 unspecified atom stereocenters. The van der Waals surface area contributed by atoms with Gasteiger partial charge in [0.2, 0.25) is 0 Å². The summed E-state index contributed by atoms with van der Waals surface area (Å²) in [6.07, 6.45) is 2.64. The van der Waals surface area contributed by atoms with Crippen molar-refractivity contribution in [2.45, 2.75) is 19.3 Å². The summed E-state index contributed by atoms with van der Waals surface area (Å²) >= 11 is 6.21. The summed E-state index contributed by atoms with van der Waals surface area (Å²) < 4.78 is -0.403. The number of hydrogen-bond donors (Lipinski definition) is 0. The minimum absolute atomic E-state index is 0.403. The second-order valence-corrected chi connectivity index (χ2v) is 6.96. The Labute approximate surface area is 143 Å². The van der Waals surface area contributed by atoms with Crippen LogP contribution in [0.15, 0.2) is 42.5 Å².